The number of ether oxygens (including phenoxy) is 2. The van der Waals surface area contributed by atoms with Gasteiger partial charge in [-0.25, -0.2) is 4.39 Å². The van der Waals surface area contributed by atoms with Crippen molar-refractivity contribution in [3.63, 3.8) is 0 Å². The first-order valence-corrected chi connectivity index (χ1v) is 7.21. The third-order valence-electron chi connectivity index (χ3n) is 3.05. The molecule has 0 spiro atoms. The average Bonchev–Trinajstić information content (AvgIpc) is 2.53. The summed E-state index contributed by atoms with van der Waals surface area (Å²) in [6.07, 6.45) is -4.67. The number of hydrogen-bond acceptors (Lipinski definition) is 3. The molecular formula is C16H12ClF4NO3. The zero-order valence-electron chi connectivity index (χ0n) is 12.8. The van der Waals surface area contributed by atoms with E-state index in [0.717, 1.165) is 6.07 Å². The van der Waals surface area contributed by atoms with Crippen LogP contribution in [0.15, 0.2) is 36.4 Å². The van der Waals surface area contributed by atoms with Gasteiger partial charge >= 0.3 is 6.18 Å². The number of anilines is 1. The molecule has 0 aliphatic heterocycles. The summed E-state index contributed by atoms with van der Waals surface area (Å²) in [6, 6.07) is 6.31. The van der Waals surface area contributed by atoms with Gasteiger partial charge in [0.15, 0.2) is 18.2 Å². The Hall–Kier alpha value is -2.48. The number of halogens is 5. The van der Waals surface area contributed by atoms with Crippen LogP contribution in [0.4, 0.5) is 23.2 Å². The van der Waals surface area contributed by atoms with Gasteiger partial charge in [-0.05, 0) is 36.4 Å². The second-order valence-electron chi connectivity index (χ2n) is 4.82. The maximum absolute atomic E-state index is 13.6. The van der Waals surface area contributed by atoms with Gasteiger partial charge in [0, 0.05) is 5.02 Å². The lowest BCUT2D eigenvalue weighted by Crippen LogP contribution is -2.21. The maximum atomic E-state index is 13.6. The van der Waals surface area contributed by atoms with Crippen molar-refractivity contribution in [1.29, 1.82) is 0 Å². The maximum Gasteiger partial charge on any atom is 0.416 e. The molecule has 2 aromatic rings. The minimum atomic E-state index is -4.67. The summed E-state index contributed by atoms with van der Waals surface area (Å²) in [5, 5.41) is 2.80. The van der Waals surface area contributed by atoms with E-state index in [1.54, 1.807) is 6.07 Å². The van der Waals surface area contributed by atoms with Crippen LogP contribution in [0.2, 0.25) is 5.02 Å². The molecule has 0 saturated carbocycles. The standard InChI is InChI=1S/C16H12ClF4NO3/c1-24-14-5-3-10(17)7-12(14)22-15(23)8-25-13-4-2-9(6-11(13)18)16(19,20)21/h2-7H,8H2,1H3,(H,22,23). The highest BCUT2D eigenvalue weighted by Gasteiger charge is 2.31. The molecule has 1 N–H and O–H groups in total. The molecule has 0 bridgehead atoms. The summed E-state index contributed by atoms with van der Waals surface area (Å²) in [6.45, 7) is -0.613. The normalized spacial score (nSPS) is 11.1. The topological polar surface area (TPSA) is 47.6 Å². The van der Waals surface area contributed by atoms with E-state index >= 15 is 0 Å². The van der Waals surface area contributed by atoms with Crippen LogP contribution in [0.5, 0.6) is 11.5 Å². The number of alkyl halides is 3. The highest BCUT2D eigenvalue weighted by atomic mass is 35.5. The number of carbonyl (C=O) groups is 1. The summed E-state index contributed by atoms with van der Waals surface area (Å²) in [4.78, 5) is 11.9. The van der Waals surface area contributed by atoms with Crippen molar-refractivity contribution in [1.82, 2.24) is 0 Å². The Labute approximate surface area is 145 Å². The summed E-state index contributed by atoms with van der Waals surface area (Å²) >= 11 is 5.82. The molecule has 0 radical (unpaired) electrons. The number of methoxy groups -OCH3 is 1. The Kier molecular flexibility index (Phi) is 5.73. The molecule has 0 atom stereocenters. The Morgan fingerprint density at radius 3 is 2.44 bits per heavy atom. The first-order chi connectivity index (χ1) is 11.7. The van der Waals surface area contributed by atoms with E-state index < -0.39 is 35.8 Å². The monoisotopic (exact) mass is 377 g/mol. The third-order valence-corrected chi connectivity index (χ3v) is 3.29. The van der Waals surface area contributed by atoms with Crippen molar-refractivity contribution < 1.29 is 31.8 Å². The molecule has 0 saturated heterocycles. The lowest BCUT2D eigenvalue weighted by molar-refractivity contribution is -0.137. The SMILES string of the molecule is COc1ccc(Cl)cc1NC(=O)COc1ccc(C(F)(F)F)cc1F. The zero-order chi connectivity index (χ0) is 18.6. The molecule has 0 fully saturated rings. The predicted molar refractivity (Wildman–Crippen MR) is 83.5 cm³/mol. The molecule has 2 aromatic carbocycles. The predicted octanol–water partition coefficient (Wildman–Crippen LogP) is 4.52. The van der Waals surface area contributed by atoms with E-state index in [0.29, 0.717) is 22.9 Å². The minimum Gasteiger partial charge on any atom is -0.495 e. The number of nitrogens with one attached hydrogen (secondary N) is 1. The molecule has 0 unspecified atom stereocenters. The van der Waals surface area contributed by atoms with Crippen molar-refractivity contribution in [2.45, 2.75) is 6.18 Å². The number of carbonyl (C=O) groups excluding carboxylic acids is 1. The second kappa shape index (κ2) is 7.60. The van der Waals surface area contributed by atoms with Gasteiger partial charge in [-0.15, -0.1) is 0 Å². The van der Waals surface area contributed by atoms with Gasteiger partial charge in [-0.1, -0.05) is 11.6 Å². The van der Waals surface area contributed by atoms with Gasteiger partial charge in [0.1, 0.15) is 5.75 Å². The Bertz CT molecular complexity index is 780. The van der Waals surface area contributed by atoms with Gasteiger partial charge in [0.2, 0.25) is 0 Å². The molecule has 4 nitrogen and oxygen atoms in total. The molecule has 1 amide bonds. The second-order valence-corrected chi connectivity index (χ2v) is 5.26. The molecule has 0 heterocycles. The number of hydrogen-bond donors (Lipinski definition) is 1. The van der Waals surface area contributed by atoms with Crippen molar-refractivity contribution in [3.8, 4) is 11.5 Å². The largest absolute Gasteiger partial charge is 0.495 e. The average molecular weight is 378 g/mol. The quantitative estimate of drug-likeness (QED) is 0.779. The highest BCUT2D eigenvalue weighted by Crippen LogP contribution is 2.32. The molecule has 2 rings (SSSR count). The van der Waals surface area contributed by atoms with Crippen LogP contribution in [0, 0.1) is 5.82 Å². The Balaban J connectivity index is 2.02. The van der Waals surface area contributed by atoms with Crippen LogP contribution in [0.1, 0.15) is 5.56 Å². The van der Waals surface area contributed by atoms with E-state index in [-0.39, 0.29) is 5.69 Å². The van der Waals surface area contributed by atoms with Crippen LogP contribution in [0.25, 0.3) is 0 Å². The van der Waals surface area contributed by atoms with Crippen molar-refractivity contribution in [2.75, 3.05) is 19.0 Å². The third kappa shape index (κ3) is 4.99. The lowest BCUT2D eigenvalue weighted by atomic mass is 10.2. The molecule has 25 heavy (non-hydrogen) atoms. The van der Waals surface area contributed by atoms with E-state index in [9.17, 15) is 22.4 Å². The van der Waals surface area contributed by atoms with Crippen molar-refractivity contribution in [2.24, 2.45) is 0 Å². The highest BCUT2D eigenvalue weighted by molar-refractivity contribution is 6.31. The van der Waals surface area contributed by atoms with E-state index in [2.05, 4.69) is 5.32 Å². The minimum absolute atomic E-state index is 0.275. The van der Waals surface area contributed by atoms with Gasteiger partial charge in [0.25, 0.3) is 5.91 Å². The molecule has 134 valence electrons. The van der Waals surface area contributed by atoms with Crippen LogP contribution in [-0.2, 0) is 11.0 Å². The van der Waals surface area contributed by atoms with Crippen LogP contribution >= 0.6 is 11.6 Å². The number of benzene rings is 2. The number of rotatable bonds is 5. The van der Waals surface area contributed by atoms with E-state index in [1.807, 2.05) is 0 Å². The van der Waals surface area contributed by atoms with Crippen LogP contribution in [0.3, 0.4) is 0 Å². The Morgan fingerprint density at radius 2 is 1.84 bits per heavy atom. The first-order valence-electron chi connectivity index (χ1n) is 6.83. The number of amides is 1. The van der Waals surface area contributed by atoms with Crippen LogP contribution in [-0.4, -0.2) is 19.6 Å². The smallest absolute Gasteiger partial charge is 0.416 e. The summed E-state index contributed by atoms with van der Waals surface area (Å²) in [5.41, 5.74) is -0.873. The fourth-order valence-electron chi connectivity index (χ4n) is 1.90. The zero-order valence-corrected chi connectivity index (χ0v) is 13.5. The van der Waals surface area contributed by atoms with E-state index in [4.69, 9.17) is 21.1 Å². The molecule has 0 aliphatic carbocycles. The molecule has 0 aliphatic rings. The van der Waals surface area contributed by atoms with Gasteiger partial charge in [-0.2, -0.15) is 13.2 Å². The van der Waals surface area contributed by atoms with Crippen LogP contribution < -0.4 is 14.8 Å². The molecule has 0 aromatic heterocycles. The Morgan fingerprint density at radius 1 is 1.16 bits per heavy atom. The summed E-state index contributed by atoms with van der Waals surface area (Å²) in [7, 11) is 1.40. The van der Waals surface area contributed by atoms with Gasteiger partial charge in [0.05, 0.1) is 18.4 Å². The lowest BCUT2D eigenvalue weighted by Gasteiger charge is -2.12. The fraction of sp³-hybridized carbons (Fsp3) is 0.188. The van der Waals surface area contributed by atoms with Crippen molar-refractivity contribution >= 4 is 23.2 Å². The van der Waals surface area contributed by atoms with Crippen molar-refractivity contribution in [3.05, 3.63) is 52.8 Å². The summed E-state index contributed by atoms with van der Waals surface area (Å²) < 4.78 is 61.0. The molecular weight excluding hydrogens is 366 g/mol. The fourth-order valence-corrected chi connectivity index (χ4v) is 2.07. The molecule has 9 heteroatoms. The van der Waals surface area contributed by atoms with E-state index in [1.165, 1.54) is 19.2 Å². The van der Waals surface area contributed by atoms with Gasteiger partial charge in [-0.3, -0.25) is 4.79 Å². The first kappa shape index (κ1) is 18.9. The summed E-state index contributed by atoms with van der Waals surface area (Å²) in [5.74, 6) is -2.01. The van der Waals surface area contributed by atoms with Gasteiger partial charge < -0.3 is 14.8 Å².